The second-order valence-electron chi connectivity index (χ2n) is 8.67. The Hall–Kier alpha value is -3.50. The first-order chi connectivity index (χ1) is 17.4. The molecule has 194 valence electrons. The van der Waals surface area contributed by atoms with Crippen molar-refractivity contribution in [1.29, 1.82) is 0 Å². The van der Waals surface area contributed by atoms with E-state index in [9.17, 15) is 14.7 Å². The van der Waals surface area contributed by atoms with Crippen LogP contribution in [0.4, 0.5) is 0 Å². The highest BCUT2D eigenvalue weighted by Crippen LogP contribution is 2.45. The molecule has 3 heterocycles. The highest BCUT2D eigenvalue weighted by atomic mass is 16.5. The van der Waals surface area contributed by atoms with Crippen LogP contribution in [-0.4, -0.2) is 87.3 Å². The number of furan rings is 1. The maximum Gasteiger partial charge on any atom is 0.290 e. The van der Waals surface area contributed by atoms with Gasteiger partial charge in [0.15, 0.2) is 23.0 Å². The number of carbonyl (C=O) groups excluding carboxylic acids is 2. The number of rotatable bonds is 10. The minimum absolute atomic E-state index is 0.0463. The third kappa shape index (κ3) is 4.91. The summed E-state index contributed by atoms with van der Waals surface area (Å²) in [6.45, 7) is 5.83. The third-order valence-electron chi connectivity index (χ3n) is 6.49. The minimum atomic E-state index is -0.867. The Kier molecular flexibility index (Phi) is 7.85. The number of aliphatic hydroxyl groups excluding tert-OH is 1. The topological polar surface area (TPSA) is 111 Å². The summed E-state index contributed by atoms with van der Waals surface area (Å²) in [5.41, 5.74) is 0.495. The van der Waals surface area contributed by atoms with Gasteiger partial charge in [-0.2, -0.15) is 0 Å². The van der Waals surface area contributed by atoms with E-state index < -0.39 is 23.5 Å². The Morgan fingerprint density at radius 2 is 1.72 bits per heavy atom. The summed E-state index contributed by atoms with van der Waals surface area (Å²) < 4.78 is 27.4. The molecular weight excluding hydrogens is 468 g/mol. The lowest BCUT2D eigenvalue weighted by Gasteiger charge is -2.30. The SMILES string of the molecule is COc1cc([C@H]2C(C(=O)c3ccc(C)o3)=C(O)C(=O)N2CCCN2CCOCC2)cc(OC)c1OC. The van der Waals surface area contributed by atoms with Gasteiger partial charge < -0.3 is 33.4 Å². The van der Waals surface area contributed by atoms with Crippen LogP contribution < -0.4 is 14.2 Å². The first-order valence-electron chi connectivity index (χ1n) is 11.8. The fourth-order valence-corrected chi connectivity index (χ4v) is 4.70. The predicted octanol–water partition coefficient (Wildman–Crippen LogP) is 2.91. The van der Waals surface area contributed by atoms with Crippen molar-refractivity contribution >= 4 is 11.7 Å². The van der Waals surface area contributed by atoms with E-state index >= 15 is 0 Å². The summed E-state index contributed by atoms with van der Waals surface area (Å²) in [6.07, 6.45) is 0.654. The maximum absolute atomic E-state index is 13.5. The number of benzene rings is 1. The number of nitrogens with zero attached hydrogens (tertiary/aromatic N) is 2. The van der Waals surface area contributed by atoms with Crippen LogP contribution in [0.3, 0.4) is 0 Å². The minimum Gasteiger partial charge on any atom is -0.503 e. The van der Waals surface area contributed by atoms with Gasteiger partial charge >= 0.3 is 0 Å². The van der Waals surface area contributed by atoms with Crippen molar-refractivity contribution < 1.29 is 38.1 Å². The van der Waals surface area contributed by atoms with E-state index in [-0.39, 0.29) is 11.3 Å². The number of hydrogen-bond donors (Lipinski definition) is 1. The van der Waals surface area contributed by atoms with Crippen LogP contribution in [0, 0.1) is 6.92 Å². The lowest BCUT2D eigenvalue weighted by Crippen LogP contribution is -2.39. The smallest absolute Gasteiger partial charge is 0.290 e. The fraction of sp³-hybridized carbons (Fsp3) is 0.462. The lowest BCUT2D eigenvalue weighted by molar-refractivity contribution is -0.129. The molecule has 4 rings (SSSR count). The van der Waals surface area contributed by atoms with E-state index in [1.165, 1.54) is 32.3 Å². The van der Waals surface area contributed by atoms with E-state index in [1.54, 1.807) is 25.1 Å². The molecule has 1 fully saturated rings. The average Bonchev–Trinajstić information content (AvgIpc) is 3.44. The van der Waals surface area contributed by atoms with Gasteiger partial charge in [-0.25, -0.2) is 0 Å². The molecular formula is C26H32N2O8. The summed E-state index contributed by atoms with van der Waals surface area (Å²) in [5, 5.41) is 10.9. The Morgan fingerprint density at radius 1 is 1.06 bits per heavy atom. The Labute approximate surface area is 210 Å². The van der Waals surface area contributed by atoms with Crippen molar-refractivity contribution in [2.75, 3.05) is 60.7 Å². The van der Waals surface area contributed by atoms with E-state index in [1.807, 2.05) is 0 Å². The number of carbonyl (C=O) groups is 2. The van der Waals surface area contributed by atoms with Crippen LogP contribution in [-0.2, 0) is 9.53 Å². The molecule has 0 saturated carbocycles. The normalized spacial score (nSPS) is 18.6. The molecule has 0 radical (unpaired) electrons. The second kappa shape index (κ2) is 11.0. The molecule has 10 heteroatoms. The number of Topliss-reactive ketones (excluding diaryl/α,β-unsaturated/α-hetero) is 1. The number of aryl methyl sites for hydroxylation is 1. The summed E-state index contributed by atoms with van der Waals surface area (Å²) in [4.78, 5) is 30.5. The van der Waals surface area contributed by atoms with Gasteiger partial charge in [-0.1, -0.05) is 0 Å². The van der Waals surface area contributed by atoms with E-state index in [4.69, 9.17) is 23.4 Å². The number of ether oxygens (including phenoxy) is 4. The number of aliphatic hydroxyl groups is 1. The van der Waals surface area contributed by atoms with Gasteiger partial charge in [-0.3, -0.25) is 14.5 Å². The molecule has 1 atom stereocenters. The van der Waals surface area contributed by atoms with Crippen LogP contribution in [0.2, 0.25) is 0 Å². The van der Waals surface area contributed by atoms with Crippen LogP contribution in [0.15, 0.2) is 40.0 Å². The van der Waals surface area contributed by atoms with Gasteiger partial charge in [0.1, 0.15) is 5.76 Å². The van der Waals surface area contributed by atoms with Crippen molar-refractivity contribution in [2.45, 2.75) is 19.4 Å². The molecule has 1 N–H and O–H groups in total. The largest absolute Gasteiger partial charge is 0.503 e. The van der Waals surface area contributed by atoms with Crippen LogP contribution in [0.5, 0.6) is 17.2 Å². The van der Waals surface area contributed by atoms with Crippen molar-refractivity contribution in [2.24, 2.45) is 0 Å². The molecule has 0 unspecified atom stereocenters. The zero-order valence-electron chi connectivity index (χ0n) is 21.0. The molecule has 1 aromatic carbocycles. The standard InChI is InChI=1S/C26H32N2O8/c1-16-6-7-18(36-16)23(29)21-22(17-14-19(32-2)25(34-4)20(15-17)33-3)28(26(31)24(21)30)9-5-8-27-10-12-35-13-11-27/h6-7,14-15,22,30H,5,8-13H2,1-4H3/t22-/m0/s1. The molecule has 1 amide bonds. The van der Waals surface area contributed by atoms with E-state index in [0.29, 0.717) is 54.8 Å². The molecule has 0 bridgehead atoms. The summed E-state index contributed by atoms with van der Waals surface area (Å²) in [6, 6.07) is 5.71. The van der Waals surface area contributed by atoms with Crippen LogP contribution >= 0.6 is 0 Å². The Bertz CT molecular complexity index is 1120. The number of ketones is 1. The quantitative estimate of drug-likeness (QED) is 0.492. The summed E-state index contributed by atoms with van der Waals surface area (Å²) in [7, 11) is 4.48. The number of hydrogen-bond acceptors (Lipinski definition) is 9. The van der Waals surface area contributed by atoms with Gasteiger partial charge in [0.25, 0.3) is 5.91 Å². The van der Waals surface area contributed by atoms with Gasteiger partial charge in [0.05, 0.1) is 46.2 Å². The number of methoxy groups -OCH3 is 3. The molecule has 2 aliphatic rings. The van der Waals surface area contributed by atoms with Crippen LogP contribution in [0.1, 0.15) is 34.3 Å². The first kappa shape index (κ1) is 25.6. The van der Waals surface area contributed by atoms with E-state index in [0.717, 1.165) is 19.6 Å². The van der Waals surface area contributed by atoms with Gasteiger partial charge in [0, 0.05) is 26.2 Å². The molecule has 1 aromatic heterocycles. The third-order valence-corrected chi connectivity index (χ3v) is 6.49. The Morgan fingerprint density at radius 3 is 2.28 bits per heavy atom. The molecule has 2 aromatic rings. The second-order valence-corrected chi connectivity index (χ2v) is 8.67. The monoisotopic (exact) mass is 500 g/mol. The van der Waals surface area contributed by atoms with Crippen molar-refractivity contribution in [3.05, 3.63) is 52.7 Å². The summed E-state index contributed by atoms with van der Waals surface area (Å²) in [5.74, 6) is -0.0114. The molecule has 36 heavy (non-hydrogen) atoms. The highest BCUT2D eigenvalue weighted by molar-refractivity contribution is 6.15. The first-order valence-corrected chi connectivity index (χ1v) is 11.8. The van der Waals surface area contributed by atoms with Crippen molar-refractivity contribution in [1.82, 2.24) is 9.80 Å². The van der Waals surface area contributed by atoms with Gasteiger partial charge in [-0.15, -0.1) is 0 Å². The van der Waals surface area contributed by atoms with Crippen molar-refractivity contribution in [3.8, 4) is 17.2 Å². The zero-order valence-corrected chi connectivity index (χ0v) is 21.0. The number of morpholine rings is 1. The zero-order chi connectivity index (χ0) is 25.8. The van der Waals surface area contributed by atoms with Gasteiger partial charge in [0.2, 0.25) is 11.5 Å². The summed E-state index contributed by atoms with van der Waals surface area (Å²) >= 11 is 0. The van der Waals surface area contributed by atoms with Crippen LogP contribution in [0.25, 0.3) is 0 Å². The molecule has 2 aliphatic heterocycles. The number of amides is 1. The fourth-order valence-electron chi connectivity index (χ4n) is 4.70. The molecule has 10 nitrogen and oxygen atoms in total. The molecule has 0 spiro atoms. The highest BCUT2D eigenvalue weighted by Gasteiger charge is 2.45. The molecule has 0 aliphatic carbocycles. The van der Waals surface area contributed by atoms with Gasteiger partial charge in [-0.05, 0) is 43.2 Å². The molecule has 1 saturated heterocycles. The van der Waals surface area contributed by atoms with E-state index in [2.05, 4.69) is 4.90 Å². The Balaban J connectivity index is 1.72. The average molecular weight is 501 g/mol. The predicted molar refractivity (Wildman–Crippen MR) is 130 cm³/mol. The maximum atomic E-state index is 13.5. The lowest BCUT2D eigenvalue weighted by atomic mass is 9.94. The van der Waals surface area contributed by atoms with Crippen molar-refractivity contribution in [3.63, 3.8) is 0 Å².